The normalized spacial score (nSPS) is 20.6. The van der Waals surface area contributed by atoms with E-state index in [4.69, 9.17) is 4.74 Å². The average Bonchev–Trinajstić information content (AvgIpc) is 2.62. The number of nitrogens with one attached hydrogen (secondary N) is 1. The summed E-state index contributed by atoms with van der Waals surface area (Å²) < 4.78 is 5.16. The lowest BCUT2D eigenvalue weighted by atomic mass is 10.1. The van der Waals surface area contributed by atoms with E-state index in [0.717, 1.165) is 31.5 Å². The van der Waals surface area contributed by atoms with Gasteiger partial charge in [-0.25, -0.2) is 10.2 Å². The van der Waals surface area contributed by atoms with Crippen LogP contribution in [0.4, 0.5) is 5.69 Å². The Bertz CT molecular complexity index is 657. The Labute approximate surface area is 147 Å². The zero-order chi connectivity index (χ0) is 17.8. The molecule has 0 saturated carbocycles. The van der Waals surface area contributed by atoms with E-state index in [9.17, 15) is 9.59 Å². The molecule has 7 heteroatoms. The van der Waals surface area contributed by atoms with Crippen molar-refractivity contribution < 1.29 is 14.3 Å². The fraction of sp³-hybridized carbons (Fsp3) is 0.444. The lowest BCUT2D eigenvalue weighted by Gasteiger charge is -2.43. The quantitative estimate of drug-likeness (QED) is 0.660. The zero-order valence-electron chi connectivity index (χ0n) is 14.6. The largest absolute Gasteiger partial charge is 0.429 e. The van der Waals surface area contributed by atoms with E-state index in [1.54, 1.807) is 23.3 Å². The summed E-state index contributed by atoms with van der Waals surface area (Å²) in [5.41, 5.74) is 4.77. The Morgan fingerprint density at radius 3 is 2.76 bits per heavy atom. The molecule has 2 fully saturated rings. The summed E-state index contributed by atoms with van der Waals surface area (Å²) in [5, 5.41) is 1.68. The third kappa shape index (κ3) is 4.11. The number of rotatable bonds is 4. The van der Waals surface area contributed by atoms with Gasteiger partial charge in [-0.05, 0) is 43.5 Å². The third-order valence-corrected chi connectivity index (χ3v) is 4.48. The van der Waals surface area contributed by atoms with E-state index in [0.29, 0.717) is 5.56 Å². The zero-order valence-corrected chi connectivity index (χ0v) is 14.6. The molecule has 0 aromatic heterocycles. The van der Waals surface area contributed by atoms with Crippen molar-refractivity contribution in [2.75, 3.05) is 32.1 Å². The number of fused-ring (bicyclic) bond motifs is 1. The molecule has 1 unspecified atom stereocenters. The van der Waals surface area contributed by atoms with Gasteiger partial charge in [0.25, 0.3) is 0 Å². The van der Waals surface area contributed by atoms with Crippen LogP contribution >= 0.6 is 0 Å². The fourth-order valence-electron chi connectivity index (χ4n) is 3.06. The van der Waals surface area contributed by atoms with E-state index < -0.39 is 5.97 Å². The number of amides is 1. The monoisotopic (exact) mass is 344 g/mol. The molecule has 2 saturated heterocycles. The molecule has 1 amide bonds. The molecule has 25 heavy (non-hydrogen) atoms. The highest BCUT2D eigenvalue weighted by Crippen LogP contribution is 2.19. The molecule has 3 rings (SSSR count). The van der Waals surface area contributed by atoms with Gasteiger partial charge in [0.1, 0.15) is 12.8 Å². The predicted octanol–water partition coefficient (Wildman–Crippen LogP) is 1.54. The van der Waals surface area contributed by atoms with Gasteiger partial charge in [0.2, 0.25) is 5.91 Å². The van der Waals surface area contributed by atoms with Crippen LogP contribution < -0.4 is 10.3 Å². The molecule has 0 spiro atoms. The van der Waals surface area contributed by atoms with Crippen LogP contribution in [0, 0.1) is 0 Å². The Hall–Kier alpha value is -2.54. The van der Waals surface area contributed by atoms with Gasteiger partial charge in [-0.1, -0.05) is 0 Å². The molecule has 1 aromatic rings. The summed E-state index contributed by atoms with van der Waals surface area (Å²) in [7, 11) is 3.88. The second kappa shape index (κ2) is 7.57. The van der Waals surface area contributed by atoms with E-state index in [1.165, 1.54) is 6.26 Å². The Balaban J connectivity index is 1.54. The van der Waals surface area contributed by atoms with Crippen LogP contribution in [0.5, 0.6) is 0 Å². The van der Waals surface area contributed by atoms with Crippen molar-refractivity contribution in [3.63, 3.8) is 0 Å². The number of anilines is 1. The molecule has 2 aliphatic heterocycles. The maximum Gasteiger partial charge on any atom is 0.342 e. The van der Waals surface area contributed by atoms with E-state index in [2.05, 4.69) is 5.43 Å². The number of carbonyl (C=O) groups is 2. The standard InChI is InChI=1S/C18H24N4O3/c1-20(2)15-8-6-14(7-9-15)18(24)25-12-11-21-13-17(23)22-10-4-3-5-16(22)19-21/h6-9,11-12,16,19H,3-5,10,13H2,1-2H3/b12-11-. The first kappa shape index (κ1) is 17.3. The van der Waals surface area contributed by atoms with Crippen molar-refractivity contribution in [2.24, 2.45) is 0 Å². The maximum atomic E-state index is 12.1. The Morgan fingerprint density at radius 1 is 1.28 bits per heavy atom. The fourth-order valence-corrected chi connectivity index (χ4v) is 3.06. The molecule has 134 valence electrons. The van der Waals surface area contributed by atoms with Crippen LogP contribution in [0.1, 0.15) is 29.6 Å². The summed E-state index contributed by atoms with van der Waals surface area (Å²) in [4.78, 5) is 28.0. The highest BCUT2D eigenvalue weighted by molar-refractivity contribution is 5.90. The number of benzene rings is 1. The van der Waals surface area contributed by atoms with E-state index in [-0.39, 0.29) is 18.6 Å². The van der Waals surface area contributed by atoms with Gasteiger partial charge in [-0.3, -0.25) is 4.79 Å². The minimum atomic E-state index is -0.427. The number of hydrogen-bond acceptors (Lipinski definition) is 6. The van der Waals surface area contributed by atoms with Crippen LogP contribution in [-0.2, 0) is 9.53 Å². The summed E-state index contributed by atoms with van der Waals surface area (Å²) in [6.07, 6.45) is 6.06. The van der Waals surface area contributed by atoms with Crippen LogP contribution in [0.2, 0.25) is 0 Å². The van der Waals surface area contributed by atoms with E-state index in [1.807, 2.05) is 36.0 Å². The van der Waals surface area contributed by atoms with E-state index >= 15 is 0 Å². The maximum absolute atomic E-state index is 12.1. The first-order chi connectivity index (χ1) is 12.0. The van der Waals surface area contributed by atoms with Gasteiger partial charge < -0.3 is 19.5 Å². The van der Waals surface area contributed by atoms with Gasteiger partial charge in [-0.15, -0.1) is 0 Å². The van der Waals surface area contributed by atoms with Crippen molar-refractivity contribution in [1.82, 2.24) is 15.3 Å². The molecule has 2 heterocycles. The number of ether oxygens (including phenoxy) is 1. The van der Waals surface area contributed by atoms with Gasteiger partial charge in [-0.2, -0.15) is 0 Å². The molecule has 0 bridgehead atoms. The van der Waals surface area contributed by atoms with Crippen molar-refractivity contribution in [1.29, 1.82) is 0 Å². The average molecular weight is 344 g/mol. The smallest absolute Gasteiger partial charge is 0.342 e. The third-order valence-electron chi connectivity index (χ3n) is 4.48. The molecular formula is C18H24N4O3. The summed E-state index contributed by atoms with van der Waals surface area (Å²) >= 11 is 0. The van der Waals surface area contributed by atoms with Gasteiger partial charge in [0.15, 0.2) is 0 Å². The summed E-state index contributed by atoms with van der Waals surface area (Å²) in [5.74, 6) is -0.331. The first-order valence-electron chi connectivity index (χ1n) is 8.52. The number of nitrogens with zero attached hydrogens (tertiary/aromatic N) is 3. The van der Waals surface area contributed by atoms with Crippen LogP contribution in [0.3, 0.4) is 0 Å². The Morgan fingerprint density at radius 2 is 2.04 bits per heavy atom. The molecule has 7 nitrogen and oxygen atoms in total. The SMILES string of the molecule is CN(C)c1ccc(C(=O)O/C=C\N2CC(=O)N3CCCCC3N2)cc1. The second-order valence-electron chi connectivity index (χ2n) is 6.49. The topological polar surface area (TPSA) is 65.1 Å². The molecule has 0 radical (unpaired) electrons. The number of hydrogen-bond donors (Lipinski definition) is 1. The minimum absolute atomic E-state index is 0.0360. The first-order valence-corrected chi connectivity index (χ1v) is 8.52. The van der Waals surface area contributed by atoms with Crippen LogP contribution in [0.15, 0.2) is 36.7 Å². The van der Waals surface area contributed by atoms with Gasteiger partial charge in [0.05, 0.1) is 17.9 Å². The molecule has 1 N–H and O–H groups in total. The number of piperidine rings is 1. The number of esters is 1. The van der Waals surface area contributed by atoms with Crippen molar-refractivity contribution in [3.8, 4) is 0 Å². The highest BCUT2D eigenvalue weighted by Gasteiger charge is 2.32. The number of hydrazine groups is 1. The lowest BCUT2D eigenvalue weighted by Crippen LogP contribution is -2.63. The molecule has 1 atom stereocenters. The van der Waals surface area contributed by atoms with Crippen LogP contribution in [-0.4, -0.2) is 55.1 Å². The predicted molar refractivity (Wildman–Crippen MR) is 94.5 cm³/mol. The van der Waals surface area contributed by atoms with Crippen molar-refractivity contribution in [3.05, 3.63) is 42.3 Å². The van der Waals surface area contributed by atoms with Gasteiger partial charge in [0, 0.05) is 26.3 Å². The minimum Gasteiger partial charge on any atom is -0.429 e. The molecular weight excluding hydrogens is 320 g/mol. The second-order valence-corrected chi connectivity index (χ2v) is 6.49. The Kier molecular flexibility index (Phi) is 5.23. The summed E-state index contributed by atoms with van der Waals surface area (Å²) in [6, 6.07) is 7.19. The number of carbonyl (C=O) groups excluding carboxylic acids is 2. The van der Waals surface area contributed by atoms with Crippen molar-refractivity contribution >= 4 is 17.6 Å². The molecule has 1 aromatic carbocycles. The van der Waals surface area contributed by atoms with Crippen molar-refractivity contribution in [2.45, 2.75) is 25.4 Å². The molecule has 0 aliphatic carbocycles. The molecule has 2 aliphatic rings. The summed E-state index contributed by atoms with van der Waals surface area (Å²) in [6.45, 7) is 1.05. The highest BCUT2D eigenvalue weighted by atomic mass is 16.5. The van der Waals surface area contributed by atoms with Gasteiger partial charge >= 0.3 is 5.97 Å². The van der Waals surface area contributed by atoms with Crippen LogP contribution in [0.25, 0.3) is 0 Å². The lowest BCUT2D eigenvalue weighted by molar-refractivity contribution is -0.145.